The van der Waals surface area contributed by atoms with Crippen LogP contribution >= 0.6 is 11.6 Å². The number of ether oxygens (including phenoxy) is 2. The molecule has 146 valence electrons. The molecular formula is C22H28ClNO3. The number of benzene rings is 2. The summed E-state index contributed by atoms with van der Waals surface area (Å²) in [5.41, 5.74) is 1.59. The summed E-state index contributed by atoms with van der Waals surface area (Å²) in [7, 11) is 0. The van der Waals surface area contributed by atoms with E-state index in [1.165, 1.54) is 25.7 Å². The molecular weight excluding hydrogens is 362 g/mol. The summed E-state index contributed by atoms with van der Waals surface area (Å²) in [6.07, 6.45) is 6.00. The summed E-state index contributed by atoms with van der Waals surface area (Å²) in [4.78, 5) is 12.1. The molecule has 0 unspecified atom stereocenters. The maximum absolute atomic E-state index is 12.1. The Kier molecular flexibility index (Phi) is 8.99. The minimum absolute atomic E-state index is 0.0645. The molecule has 0 aliphatic carbocycles. The van der Waals surface area contributed by atoms with E-state index in [1.807, 2.05) is 31.2 Å². The molecule has 5 heteroatoms. The first kappa shape index (κ1) is 21.1. The lowest BCUT2D eigenvalue weighted by molar-refractivity contribution is -0.118. The second-order valence-electron chi connectivity index (χ2n) is 6.54. The van der Waals surface area contributed by atoms with Gasteiger partial charge in [-0.2, -0.15) is 0 Å². The fourth-order valence-corrected chi connectivity index (χ4v) is 2.90. The number of unbranched alkanes of at least 4 members (excludes halogenated alkanes) is 4. The number of amides is 1. The molecule has 1 N–H and O–H groups in total. The summed E-state index contributed by atoms with van der Waals surface area (Å²) in [5, 5.41) is 3.48. The van der Waals surface area contributed by atoms with Crippen LogP contribution in [0.3, 0.4) is 0 Å². The Labute approximate surface area is 166 Å². The van der Waals surface area contributed by atoms with E-state index in [0.29, 0.717) is 23.1 Å². The van der Waals surface area contributed by atoms with Crippen molar-refractivity contribution in [2.24, 2.45) is 0 Å². The van der Waals surface area contributed by atoms with E-state index in [9.17, 15) is 4.79 Å². The minimum atomic E-state index is -0.221. The van der Waals surface area contributed by atoms with Crippen LogP contribution in [0.4, 0.5) is 5.69 Å². The van der Waals surface area contributed by atoms with Crippen molar-refractivity contribution in [1.29, 1.82) is 0 Å². The van der Waals surface area contributed by atoms with Gasteiger partial charge >= 0.3 is 0 Å². The van der Waals surface area contributed by atoms with Gasteiger partial charge in [0, 0.05) is 16.8 Å². The van der Waals surface area contributed by atoms with Crippen LogP contribution in [-0.4, -0.2) is 19.1 Å². The summed E-state index contributed by atoms with van der Waals surface area (Å²) >= 11 is 5.92. The zero-order valence-electron chi connectivity index (χ0n) is 16.1. The number of rotatable bonds is 11. The zero-order chi connectivity index (χ0) is 19.5. The molecule has 0 saturated heterocycles. The molecule has 2 aromatic carbocycles. The molecule has 1 amide bonds. The van der Waals surface area contributed by atoms with E-state index in [4.69, 9.17) is 21.1 Å². The summed E-state index contributed by atoms with van der Waals surface area (Å²) < 4.78 is 11.3. The molecule has 0 aliphatic heterocycles. The van der Waals surface area contributed by atoms with Gasteiger partial charge in [-0.15, -0.1) is 0 Å². The Morgan fingerprint density at radius 1 is 1.04 bits per heavy atom. The average Bonchev–Trinajstić information content (AvgIpc) is 2.64. The number of aryl methyl sites for hydroxylation is 1. The Bertz CT molecular complexity index is 733. The average molecular weight is 390 g/mol. The first-order chi connectivity index (χ1) is 13.1. The van der Waals surface area contributed by atoms with Gasteiger partial charge in [-0.05, 0) is 49.2 Å². The molecule has 27 heavy (non-hydrogen) atoms. The highest BCUT2D eigenvalue weighted by Crippen LogP contribution is 2.22. The lowest BCUT2D eigenvalue weighted by Crippen LogP contribution is -2.20. The fourth-order valence-electron chi connectivity index (χ4n) is 2.67. The molecule has 0 heterocycles. The normalized spacial score (nSPS) is 10.5. The molecule has 0 saturated carbocycles. The van der Waals surface area contributed by atoms with Crippen LogP contribution in [0.5, 0.6) is 11.5 Å². The predicted molar refractivity (Wildman–Crippen MR) is 111 cm³/mol. The second kappa shape index (κ2) is 11.5. The number of anilines is 1. The first-order valence-corrected chi connectivity index (χ1v) is 9.88. The molecule has 0 atom stereocenters. The SMILES string of the molecule is CCCCCCCOc1cccc(NC(=O)COc2ccc(Cl)cc2C)c1. The van der Waals surface area contributed by atoms with Crippen LogP contribution < -0.4 is 14.8 Å². The molecule has 0 spiro atoms. The van der Waals surface area contributed by atoms with Gasteiger partial charge in [-0.3, -0.25) is 4.79 Å². The third-order valence-corrected chi connectivity index (χ3v) is 4.37. The van der Waals surface area contributed by atoms with Crippen molar-refractivity contribution in [1.82, 2.24) is 0 Å². The maximum atomic E-state index is 12.1. The van der Waals surface area contributed by atoms with Crippen molar-refractivity contribution in [3.05, 3.63) is 53.1 Å². The predicted octanol–water partition coefficient (Wildman–Crippen LogP) is 6.02. The van der Waals surface area contributed by atoms with Crippen LogP contribution in [0.25, 0.3) is 0 Å². The molecule has 0 aromatic heterocycles. The summed E-state index contributed by atoms with van der Waals surface area (Å²) in [6.45, 7) is 4.73. The van der Waals surface area contributed by atoms with Crippen LogP contribution in [0.2, 0.25) is 5.02 Å². The third kappa shape index (κ3) is 7.92. The largest absolute Gasteiger partial charge is 0.494 e. The van der Waals surface area contributed by atoms with Crippen molar-refractivity contribution >= 4 is 23.2 Å². The Morgan fingerprint density at radius 2 is 1.85 bits per heavy atom. The molecule has 4 nitrogen and oxygen atoms in total. The van der Waals surface area contributed by atoms with Crippen LogP contribution in [-0.2, 0) is 4.79 Å². The monoisotopic (exact) mass is 389 g/mol. The Morgan fingerprint density at radius 3 is 2.63 bits per heavy atom. The van der Waals surface area contributed by atoms with Crippen LogP contribution in [0, 0.1) is 6.92 Å². The molecule has 0 bridgehead atoms. The first-order valence-electron chi connectivity index (χ1n) is 9.50. The van der Waals surface area contributed by atoms with Crippen molar-refractivity contribution < 1.29 is 14.3 Å². The lowest BCUT2D eigenvalue weighted by Gasteiger charge is -2.11. The van der Waals surface area contributed by atoms with Gasteiger partial charge in [-0.25, -0.2) is 0 Å². The molecule has 0 fully saturated rings. The van der Waals surface area contributed by atoms with Gasteiger partial charge < -0.3 is 14.8 Å². The highest BCUT2D eigenvalue weighted by Gasteiger charge is 2.07. The zero-order valence-corrected chi connectivity index (χ0v) is 16.8. The quantitative estimate of drug-likeness (QED) is 0.478. The van der Waals surface area contributed by atoms with Gasteiger partial charge in [0.25, 0.3) is 5.91 Å². The van der Waals surface area contributed by atoms with E-state index in [2.05, 4.69) is 12.2 Å². The smallest absolute Gasteiger partial charge is 0.262 e. The van der Waals surface area contributed by atoms with E-state index < -0.39 is 0 Å². The van der Waals surface area contributed by atoms with Crippen molar-refractivity contribution in [3.8, 4) is 11.5 Å². The maximum Gasteiger partial charge on any atom is 0.262 e. The lowest BCUT2D eigenvalue weighted by atomic mass is 10.2. The summed E-state index contributed by atoms with van der Waals surface area (Å²) in [6, 6.07) is 12.7. The van der Waals surface area contributed by atoms with E-state index in [1.54, 1.807) is 18.2 Å². The highest BCUT2D eigenvalue weighted by atomic mass is 35.5. The van der Waals surface area contributed by atoms with Gasteiger partial charge in [0.2, 0.25) is 0 Å². The number of hydrogen-bond acceptors (Lipinski definition) is 3. The molecule has 0 aliphatic rings. The van der Waals surface area contributed by atoms with Crippen molar-refractivity contribution in [2.75, 3.05) is 18.5 Å². The van der Waals surface area contributed by atoms with Gasteiger partial charge in [0.15, 0.2) is 6.61 Å². The van der Waals surface area contributed by atoms with Gasteiger partial charge in [0.05, 0.1) is 6.61 Å². The number of nitrogens with one attached hydrogen (secondary N) is 1. The third-order valence-electron chi connectivity index (χ3n) is 4.13. The highest BCUT2D eigenvalue weighted by molar-refractivity contribution is 6.30. The minimum Gasteiger partial charge on any atom is -0.494 e. The van der Waals surface area contributed by atoms with E-state index in [0.717, 1.165) is 17.7 Å². The van der Waals surface area contributed by atoms with Gasteiger partial charge in [0.1, 0.15) is 11.5 Å². The van der Waals surface area contributed by atoms with Crippen LogP contribution in [0.1, 0.15) is 44.6 Å². The Hall–Kier alpha value is -2.20. The number of halogens is 1. The molecule has 0 radical (unpaired) electrons. The second-order valence-corrected chi connectivity index (χ2v) is 6.97. The molecule has 2 aromatic rings. The van der Waals surface area contributed by atoms with Crippen LogP contribution in [0.15, 0.2) is 42.5 Å². The van der Waals surface area contributed by atoms with E-state index in [-0.39, 0.29) is 12.5 Å². The number of carbonyl (C=O) groups is 1. The van der Waals surface area contributed by atoms with Crippen molar-refractivity contribution in [2.45, 2.75) is 46.0 Å². The Balaban J connectivity index is 1.76. The molecule has 2 rings (SSSR count). The fraction of sp³-hybridized carbons (Fsp3) is 0.409. The van der Waals surface area contributed by atoms with Gasteiger partial charge in [-0.1, -0.05) is 50.3 Å². The standard InChI is InChI=1S/C22H28ClNO3/c1-3-4-5-6-7-13-26-20-10-8-9-19(15-20)24-22(25)16-27-21-12-11-18(23)14-17(21)2/h8-12,14-15H,3-7,13,16H2,1-2H3,(H,24,25). The van der Waals surface area contributed by atoms with E-state index >= 15 is 0 Å². The van der Waals surface area contributed by atoms with Crippen molar-refractivity contribution in [3.63, 3.8) is 0 Å². The summed E-state index contributed by atoms with van der Waals surface area (Å²) in [5.74, 6) is 1.19. The topological polar surface area (TPSA) is 47.6 Å². The number of hydrogen-bond donors (Lipinski definition) is 1. The number of carbonyl (C=O) groups excluding carboxylic acids is 1.